The van der Waals surface area contributed by atoms with Gasteiger partial charge in [-0.1, -0.05) is 20.4 Å². The first-order valence-corrected chi connectivity index (χ1v) is 15.1. The third kappa shape index (κ3) is 6.81. The summed E-state index contributed by atoms with van der Waals surface area (Å²) in [6.45, 7) is 17.5. The number of carboxylic acid groups (broad SMARTS) is 1. The Kier molecular flexibility index (Phi) is 10.4. The summed E-state index contributed by atoms with van der Waals surface area (Å²) in [6.07, 6.45) is 11.9. The summed E-state index contributed by atoms with van der Waals surface area (Å²) in [4.78, 5) is 32.5. The van der Waals surface area contributed by atoms with Crippen LogP contribution in [0.4, 0.5) is 0 Å². The molecular weight excluding hydrogens is 540 g/mol. The average molecular weight is 585 g/mol. The van der Waals surface area contributed by atoms with Crippen molar-refractivity contribution >= 4 is 35.6 Å². The molecule has 2 aliphatic heterocycles. The molecule has 4 rings (SSSR count). The quantitative estimate of drug-likeness (QED) is 0.133. The largest absolute Gasteiger partial charge is 0.481 e. The number of aliphatic imine (C=N–C) groups is 2. The first-order chi connectivity index (χ1) is 20.6. The molecule has 8 heteroatoms. The minimum atomic E-state index is -0.815. The molecule has 4 N–H and O–H groups in total. The molecule has 2 aromatic heterocycles. The van der Waals surface area contributed by atoms with E-state index in [1.165, 1.54) is 22.3 Å². The van der Waals surface area contributed by atoms with Gasteiger partial charge in [0.15, 0.2) is 0 Å². The van der Waals surface area contributed by atoms with Gasteiger partial charge in [0, 0.05) is 28.5 Å². The van der Waals surface area contributed by atoms with Crippen LogP contribution in [0, 0.1) is 13.8 Å². The number of hydrogen-bond acceptors (Lipinski definition) is 5. The number of carbonyl (C=O) groups is 1. The molecule has 4 heterocycles. The van der Waals surface area contributed by atoms with Gasteiger partial charge in [-0.05, 0) is 129 Å². The number of aliphatic carboxylic acids is 1. The van der Waals surface area contributed by atoms with Gasteiger partial charge >= 0.3 is 5.97 Å². The first-order valence-electron chi connectivity index (χ1n) is 15.1. The Morgan fingerprint density at radius 2 is 1.70 bits per heavy atom. The minimum absolute atomic E-state index is 0.0721. The molecule has 0 amide bonds. The number of nitrogens with one attached hydrogen (secondary N) is 2. The van der Waals surface area contributed by atoms with Crippen LogP contribution in [0.25, 0.3) is 18.2 Å². The van der Waals surface area contributed by atoms with Crippen LogP contribution >= 0.6 is 0 Å². The second-order valence-corrected chi connectivity index (χ2v) is 11.2. The molecule has 8 nitrogen and oxygen atoms in total. The highest BCUT2D eigenvalue weighted by molar-refractivity contribution is 6.22. The maximum Gasteiger partial charge on any atom is 0.303 e. The van der Waals surface area contributed by atoms with E-state index in [1.54, 1.807) is 0 Å². The molecule has 2 aliphatic rings. The Morgan fingerprint density at radius 3 is 2.33 bits per heavy atom. The molecule has 0 aliphatic carbocycles. The number of nitrogens with zero attached hydrogens (tertiary/aromatic N) is 2. The van der Waals surface area contributed by atoms with Gasteiger partial charge in [0.1, 0.15) is 0 Å². The number of H-pyrrole nitrogens is 2. The van der Waals surface area contributed by atoms with E-state index in [2.05, 4.69) is 68.2 Å². The predicted molar refractivity (Wildman–Crippen MR) is 175 cm³/mol. The van der Waals surface area contributed by atoms with Gasteiger partial charge in [-0.25, -0.2) is 9.88 Å². The highest BCUT2D eigenvalue weighted by Crippen LogP contribution is 2.31. The summed E-state index contributed by atoms with van der Waals surface area (Å²) < 4.78 is 0. The topological polar surface area (TPSA) is 123 Å². The molecule has 0 bridgehead atoms. The summed E-state index contributed by atoms with van der Waals surface area (Å²) in [5.74, 6) is -0.815. The number of aromatic nitrogens is 2. The molecule has 0 saturated carbocycles. The Labute approximate surface area is 253 Å². The molecule has 0 atom stereocenters. The van der Waals surface area contributed by atoms with E-state index < -0.39 is 5.97 Å². The molecule has 0 radical (unpaired) electrons. The summed E-state index contributed by atoms with van der Waals surface area (Å²) >= 11 is 0. The lowest BCUT2D eigenvalue weighted by Gasteiger charge is -2.04. The predicted octanol–water partition coefficient (Wildman–Crippen LogP) is 5.90. The highest BCUT2D eigenvalue weighted by Gasteiger charge is 2.20. The Morgan fingerprint density at radius 1 is 0.930 bits per heavy atom. The Hall–Kier alpha value is -4.01. The van der Waals surface area contributed by atoms with Crippen LogP contribution in [0.15, 0.2) is 50.6 Å². The second-order valence-electron chi connectivity index (χ2n) is 11.2. The van der Waals surface area contributed by atoms with Crippen molar-refractivity contribution in [2.75, 3.05) is 13.2 Å². The van der Waals surface area contributed by atoms with Crippen LogP contribution in [-0.2, 0) is 22.5 Å². The maximum atomic E-state index is 11.3. The van der Waals surface area contributed by atoms with E-state index in [1.807, 2.05) is 19.1 Å². The fraction of sp³-hybridized carbons (Fsp3) is 0.400. The second kappa shape index (κ2) is 14.0. The van der Waals surface area contributed by atoms with Gasteiger partial charge in [-0.15, -0.1) is 0 Å². The molecule has 0 unspecified atom stereocenters. The van der Waals surface area contributed by atoms with Crippen LogP contribution in [0.1, 0.15) is 87.0 Å². The van der Waals surface area contributed by atoms with Crippen LogP contribution in [0.2, 0.25) is 0 Å². The lowest BCUT2D eigenvalue weighted by Crippen LogP contribution is -2.16. The molecule has 0 aromatic carbocycles. The summed E-state index contributed by atoms with van der Waals surface area (Å²) in [5.41, 5.74) is 14.1. The van der Waals surface area contributed by atoms with Crippen LogP contribution in [-0.4, -0.2) is 50.9 Å². The average Bonchev–Trinajstić information content (AvgIpc) is 3.67. The normalized spacial score (nSPS) is 17.1. The van der Waals surface area contributed by atoms with E-state index in [0.717, 1.165) is 74.3 Å². The van der Waals surface area contributed by atoms with Crippen molar-refractivity contribution in [1.82, 2.24) is 9.97 Å². The third-order valence-corrected chi connectivity index (χ3v) is 8.60. The lowest BCUT2D eigenvalue weighted by molar-refractivity contribution is -0.242. The number of hydrogen-bond donors (Lipinski definition) is 4. The standard InChI is InChI=1S/C35H44N4O4/c1-8-24-21(5)31(37-28(24)10-3)17-33-25(9-2)22(6)29(38-33)16-30-23(7)27(12-11-15-43-42)34(39-30)18-32-26(13-14-35(40)41)20(4)19-36-32/h10,16-18,38-39,42H,3,8-9,11-15,19H2,1-2,4-7H3,(H,40,41). The molecular formula is C35H44N4O4. The Bertz CT molecular complexity index is 1710. The van der Waals surface area contributed by atoms with Crippen molar-refractivity contribution in [2.45, 2.75) is 80.1 Å². The summed E-state index contributed by atoms with van der Waals surface area (Å²) in [5, 5.41) is 20.1. The zero-order valence-corrected chi connectivity index (χ0v) is 26.3. The lowest BCUT2D eigenvalue weighted by atomic mass is 10.0. The van der Waals surface area contributed by atoms with Crippen LogP contribution < -0.4 is 10.7 Å². The van der Waals surface area contributed by atoms with E-state index >= 15 is 0 Å². The molecule has 43 heavy (non-hydrogen) atoms. The zero-order chi connectivity index (χ0) is 31.3. The number of aromatic amines is 2. The van der Waals surface area contributed by atoms with Gasteiger partial charge in [0.05, 0.1) is 30.3 Å². The van der Waals surface area contributed by atoms with Crippen molar-refractivity contribution in [2.24, 2.45) is 9.98 Å². The maximum absolute atomic E-state index is 11.3. The van der Waals surface area contributed by atoms with Crippen LogP contribution in [0.5, 0.6) is 0 Å². The zero-order valence-electron chi connectivity index (χ0n) is 26.3. The van der Waals surface area contributed by atoms with Gasteiger partial charge in [0.2, 0.25) is 0 Å². The highest BCUT2D eigenvalue weighted by atomic mass is 17.1. The minimum Gasteiger partial charge on any atom is -0.481 e. The molecule has 2 aromatic rings. The third-order valence-electron chi connectivity index (χ3n) is 8.60. The summed E-state index contributed by atoms with van der Waals surface area (Å²) in [7, 11) is 0. The molecule has 228 valence electrons. The van der Waals surface area contributed by atoms with E-state index in [9.17, 15) is 9.90 Å². The smallest absolute Gasteiger partial charge is 0.303 e. The molecule has 0 saturated heterocycles. The van der Waals surface area contributed by atoms with Crippen molar-refractivity contribution in [1.29, 1.82) is 0 Å². The number of allylic oxidation sites excluding steroid dienone is 4. The fourth-order valence-electron chi connectivity index (χ4n) is 6.10. The van der Waals surface area contributed by atoms with Crippen molar-refractivity contribution < 1.29 is 20.0 Å². The van der Waals surface area contributed by atoms with Gasteiger partial charge < -0.3 is 15.1 Å². The first kappa shape index (κ1) is 31.9. The fourth-order valence-corrected chi connectivity index (χ4v) is 6.10. The number of carboxylic acids is 1. The SMILES string of the molecule is C=CC1=NC(=Cc2[nH]c(C=c3[nH]c(=CC4=NCC(C)=C4CCC(=O)O)c(CCCOO)c3C)c(C)c2CC)C(C)=C1CC. The van der Waals surface area contributed by atoms with Gasteiger partial charge in [-0.3, -0.25) is 15.0 Å². The monoisotopic (exact) mass is 584 g/mol. The Balaban J connectivity index is 1.81. The van der Waals surface area contributed by atoms with E-state index in [0.29, 0.717) is 25.8 Å². The van der Waals surface area contributed by atoms with Gasteiger partial charge in [0.25, 0.3) is 0 Å². The summed E-state index contributed by atoms with van der Waals surface area (Å²) in [6, 6.07) is 0. The van der Waals surface area contributed by atoms with Crippen molar-refractivity contribution in [3.05, 3.63) is 85.0 Å². The number of rotatable bonds is 13. The van der Waals surface area contributed by atoms with E-state index in [4.69, 9.17) is 15.2 Å². The van der Waals surface area contributed by atoms with Crippen LogP contribution in [0.3, 0.4) is 0 Å². The van der Waals surface area contributed by atoms with Gasteiger partial charge in [-0.2, -0.15) is 0 Å². The van der Waals surface area contributed by atoms with Crippen molar-refractivity contribution in [3.63, 3.8) is 0 Å². The van der Waals surface area contributed by atoms with Crippen molar-refractivity contribution in [3.8, 4) is 0 Å². The molecule has 0 fully saturated rings. The molecule has 0 spiro atoms. The van der Waals surface area contributed by atoms with E-state index in [-0.39, 0.29) is 13.0 Å².